The summed E-state index contributed by atoms with van der Waals surface area (Å²) in [5.74, 6) is -2.43. The van der Waals surface area contributed by atoms with E-state index in [1.165, 1.54) is 61.6 Å². The first-order chi connectivity index (χ1) is 27.9. The van der Waals surface area contributed by atoms with Crippen molar-refractivity contribution in [3.05, 3.63) is 142 Å². The summed E-state index contributed by atoms with van der Waals surface area (Å²) < 4.78 is 95.5. The van der Waals surface area contributed by atoms with Crippen molar-refractivity contribution in [2.45, 2.75) is 38.8 Å². The van der Waals surface area contributed by atoms with Gasteiger partial charge in [-0.1, -0.05) is 54.6 Å². The second-order valence-electron chi connectivity index (χ2n) is 13.2. The number of ether oxygens (including phenoxy) is 2. The number of methoxy groups -OCH3 is 2. The van der Waals surface area contributed by atoms with Crippen LogP contribution < -0.4 is 14.8 Å². The van der Waals surface area contributed by atoms with Gasteiger partial charge in [-0.15, -0.1) is 0 Å². The standard InChI is InChI=1S/C44H38F6N2O7/c1-4-52(42(57)51-24-26-8-6-5-7-9-26)25-30-21-32(44(48,49)50)13-15-34(30)37-22-28(11-17-39(37)59-3)35(41(55)56)23-29-20-31(43(45,46)47)12-14-33(29)36-18-27(19-40(53)54)10-16-38(36)58-2/h5-18,20-23H,4,19,24-25H2,1-3H3,(H,51,57)(H,53,54)(H,55,56)/b35-23-. The quantitative estimate of drug-likeness (QED) is 0.0579. The number of amides is 2. The molecule has 0 aliphatic rings. The molecule has 9 nitrogen and oxygen atoms in total. The van der Waals surface area contributed by atoms with Crippen molar-refractivity contribution in [3.8, 4) is 33.8 Å². The van der Waals surface area contributed by atoms with Gasteiger partial charge in [-0.2, -0.15) is 26.3 Å². The minimum absolute atomic E-state index is 0.0429. The molecule has 0 radical (unpaired) electrons. The molecular weight excluding hydrogens is 782 g/mol. The highest BCUT2D eigenvalue weighted by Gasteiger charge is 2.33. The molecule has 15 heteroatoms. The number of nitrogens with zero attached hydrogens (tertiary/aromatic N) is 1. The van der Waals surface area contributed by atoms with Crippen LogP contribution in [0.3, 0.4) is 0 Å². The molecule has 3 N–H and O–H groups in total. The number of halogens is 6. The molecule has 0 saturated heterocycles. The van der Waals surface area contributed by atoms with Gasteiger partial charge >= 0.3 is 30.3 Å². The molecular formula is C44H38F6N2O7. The number of rotatable bonds is 14. The number of carbonyl (C=O) groups is 3. The number of hydrogen-bond acceptors (Lipinski definition) is 5. The zero-order valence-corrected chi connectivity index (χ0v) is 31.9. The molecule has 0 aliphatic heterocycles. The lowest BCUT2D eigenvalue weighted by atomic mass is 9.90. The third-order valence-corrected chi connectivity index (χ3v) is 9.37. The average molecular weight is 821 g/mol. The Balaban J connectivity index is 1.67. The summed E-state index contributed by atoms with van der Waals surface area (Å²) >= 11 is 0. The van der Waals surface area contributed by atoms with Gasteiger partial charge in [0.15, 0.2) is 0 Å². The van der Waals surface area contributed by atoms with Crippen molar-refractivity contribution in [1.29, 1.82) is 0 Å². The van der Waals surface area contributed by atoms with Gasteiger partial charge in [0.1, 0.15) is 11.5 Å². The van der Waals surface area contributed by atoms with Crippen molar-refractivity contribution in [2.24, 2.45) is 0 Å². The smallest absolute Gasteiger partial charge is 0.416 e. The number of nitrogens with one attached hydrogen (secondary N) is 1. The number of urea groups is 1. The molecule has 5 aromatic rings. The van der Waals surface area contributed by atoms with Crippen LogP contribution in [0.1, 0.15) is 45.9 Å². The average Bonchev–Trinajstić information content (AvgIpc) is 3.20. The number of carbonyl (C=O) groups excluding carboxylic acids is 1. The highest BCUT2D eigenvalue weighted by molar-refractivity contribution is 6.21. The zero-order chi connectivity index (χ0) is 43.1. The largest absolute Gasteiger partial charge is 0.496 e. The first kappa shape index (κ1) is 43.4. The van der Waals surface area contributed by atoms with Crippen LogP contribution in [0.25, 0.3) is 33.9 Å². The topological polar surface area (TPSA) is 125 Å². The molecule has 0 spiro atoms. The molecule has 0 aliphatic carbocycles. The van der Waals surface area contributed by atoms with Crippen molar-refractivity contribution in [1.82, 2.24) is 10.2 Å². The van der Waals surface area contributed by atoms with E-state index in [9.17, 15) is 50.9 Å². The molecule has 308 valence electrons. The van der Waals surface area contributed by atoms with Gasteiger partial charge in [0.05, 0.1) is 37.3 Å². The molecule has 59 heavy (non-hydrogen) atoms. The zero-order valence-electron chi connectivity index (χ0n) is 31.9. The summed E-state index contributed by atoms with van der Waals surface area (Å²) in [4.78, 5) is 39.1. The van der Waals surface area contributed by atoms with E-state index in [1.54, 1.807) is 31.2 Å². The Labute approximate surface area is 335 Å². The Morgan fingerprint density at radius 2 is 1.29 bits per heavy atom. The first-order valence-corrected chi connectivity index (χ1v) is 17.9. The molecule has 0 heterocycles. The molecule has 0 atom stereocenters. The number of hydrogen-bond donors (Lipinski definition) is 3. The highest BCUT2D eigenvalue weighted by Crippen LogP contribution is 2.41. The van der Waals surface area contributed by atoms with Crippen LogP contribution in [0, 0.1) is 0 Å². The maximum absolute atomic E-state index is 14.1. The van der Waals surface area contributed by atoms with E-state index in [1.807, 2.05) is 6.07 Å². The Bertz CT molecular complexity index is 2380. The van der Waals surface area contributed by atoms with E-state index in [2.05, 4.69) is 5.32 Å². The van der Waals surface area contributed by atoms with Crippen molar-refractivity contribution >= 4 is 29.6 Å². The van der Waals surface area contributed by atoms with Gasteiger partial charge < -0.3 is 29.9 Å². The summed E-state index contributed by atoms with van der Waals surface area (Å²) in [7, 11) is 2.61. The maximum Gasteiger partial charge on any atom is 0.416 e. The fourth-order valence-corrected chi connectivity index (χ4v) is 6.45. The number of carboxylic acid groups (broad SMARTS) is 2. The van der Waals surface area contributed by atoms with Gasteiger partial charge in [-0.25, -0.2) is 9.59 Å². The summed E-state index contributed by atoms with van der Waals surface area (Å²) in [5, 5.41) is 22.7. The molecule has 0 aromatic heterocycles. The predicted octanol–water partition coefficient (Wildman–Crippen LogP) is 10.1. The summed E-state index contributed by atoms with van der Waals surface area (Å²) in [5.41, 5.74) is -1.16. The van der Waals surface area contributed by atoms with Gasteiger partial charge in [0.25, 0.3) is 0 Å². The van der Waals surface area contributed by atoms with E-state index >= 15 is 0 Å². The fourth-order valence-electron chi connectivity index (χ4n) is 6.45. The molecule has 5 rings (SSSR count). The predicted molar refractivity (Wildman–Crippen MR) is 208 cm³/mol. The molecule has 5 aromatic carbocycles. The van der Waals surface area contributed by atoms with Crippen LogP contribution in [-0.4, -0.2) is 53.8 Å². The maximum atomic E-state index is 14.1. The first-order valence-electron chi connectivity index (χ1n) is 17.9. The van der Waals surface area contributed by atoms with Crippen LogP contribution in [0.2, 0.25) is 0 Å². The van der Waals surface area contributed by atoms with Crippen LogP contribution >= 0.6 is 0 Å². The minimum Gasteiger partial charge on any atom is -0.496 e. The van der Waals surface area contributed by atoms with Crippen molar-refractivity contribution < 1.29 is 60.4 Å². The van der Waals surface area contributed by atoms with Crippen LogP contribution in [0.4, 0.5) is 31.1 Å². The SMILES string of the molecule is CCN(Cc1cc(C(F)(F)F)ccc1-c1cc(/C(=C/c2cc(C(F)(F)F)ccc2-c2cc(CC(=O)O)ccc2OC)C(=O)O)ccc1OC)C(=O)NCc1ccccc1. The van der Waals surface area contributed by atoms with Gasteiger partial charge in [0, 0.05) is 30.8 Å². The van der Waals surface area contributed by atoms with E-state index < -0.39 is 53.4 Å². The van der Waals surface area contributed by atoms with Crippen molar-refractivity contribution in [2.75, 3.05) is 20.8 Å². The van der Waals surface area contributed by atoms with Crippen LogP contribution in [0.5, 0.6) is 11.5 Å². The van der Waals surface area contributed by atoms with E-state index in [0.29, 0.717) is 5.56 Å². The Morgan fingerprint density at radius 1 is 0.695 bits per heavy atom. The van der Waals surface area contributed by atoms with Crippen molar-refractivity contribution in [3.63, 3.8) is 0 Å². The summed E-state index contributed by atoms with van der Waals surface area (Å²) in [6.45, 7) is 1.60. The second kappa shape index (κ2) is 18.2. The third kappa shape index (κ3) is 10.6. The monoisotopic (exact) mass is 820 g/mol. The van der Waals surface area contributed by atoms with Crippen LogP contribution in [-0.2, 0) is 41.5 Å². The molecule has 0 fully saturated rings. The Kier molecular flexibility index (Phi) is 13.4. The molecule has 0 unspecified atom stereocenters. The lowest BCUT2D eigenvalue weighted by Crippen LogP contribution is -2.39. The van der Waals surface area contributed by atoms with Gasteiger partial charge in [-0.3, -0.25) is 4.79 Å². The van der Waals surface area contributed by atoms with E-state index in [4.69, 9.17) is 9.47 Å². The molecule has 0 saturated carbocycles. The van der Waals surface area contributed by atoms with Gasteiger partial charge in [0.2, 0.25) is 0 Å². The second-order valence-corrected chi connectivity index (χ2v) is 13.2. The number of alkyl halides is 6. The van der Waals surface area contributed by atoms with Crippen LogP contribution in [0.15, 0.2) is 103 Å². The molecule has 0 bridgehead atoms. The Morgan fingerprint density at radius 3 is 1.86 bits per heavy atom. The lowest BCUT2D eigenvalue weighted by Gasteiger charge is -2.24. The third-order valence-electron chi connectivity index (χ3n) is 9.37. The highest BCUT2D eigenvalue weighted by atomic mass is 19.4. The fraction of sp³-hybridized carbons (Fsp3) is 0.205. The van der Waals surface area contributed by atoms with Gasteiger partial charge in [-0.05, 0) is 100 Å². The summed E-state index contributed by atoms with van der Waals surface area (Å²) in [6, 6.07) is 22.4. The lowest BCUT2D eigenvalue weighted by molar-refractivity contribution is -0.138. The number of aliphatic carboxylic acids is 2. The Hall–Kier alpha value is -6.77. The molecule has 2 amide bonds. The van der Waals surface area contributed by atoms with E-state index in [0.717, 1.165) is 42.0 Å². The number of benzene rings is 5. The summed E-state index contributed by atoms with van der Waals surface area (Å²) in [6.07, 6.45) is -9.00. The van der Waals surface area contributed by atoms with E-state index in [-0.39, 0.29) is 70.1 Å². The minimum atomic E-state index is -4.84. The normalized spacial score (nSPS) is 11.8. The number of carboxylic acids is 2.